The van der Waals surface area contributed by atoms with Gasteiger partial charge in [-0.1, -0.05) is 73.3 Å². The Balaban J connectivity index is 1.86. The summed E-state index contributed by atoms with van der Waals surface area (Å²) in [6.45, 7) is 11.7. The lowest BCUT2D eigenvalue weighted by atomic mass is 9.37. The van der Waals surface area contributed by atoms with Crippen LogP contribution in [0.4, 0.5) is 0 Å². The number of hydrogen-bond acceptors (Lipinski definition) is 8. The monoisotopic (exact) mass is 620 g/mol. The van der Waals surface area contributed by atoms with Crippen molar-refractivity contribution < 1.29 is 39.6 Å². The van der Waals surface area contributed by atoms with E-state index in [1.54, 1.807) is 34.6 Å². The largest absolute Gasteiger partial charge is 0.508 e. The summed E-state index contributed by atoms with van der Waals surface area (Å²) in [5.74, 6) is -6.83. The number of aromatic hydroxyl groups is 1. The average Bonchev–Trinajstić information content (AvgIpc) is 3.49. The summed E-state index contributed by atoms with van der Waals surface area (Å²) in [7, 11) is 0. The zero-order valence-corrected chi connectivity index (χ0v) is 27.6. The van der Waals surface area contributed by atoms with Crippen LogP contribution in [0.2, 0.25) is 0 Å². The van der Waals surface area contributed by atoms with Crippen molar-refractivity contribution in [2.75, 3.05) is 0 Å². The van der Waals surface area contributed by atoms with Gasteiger partial charge in [-0.05, 0) is 60.6 Å². The van der Waals surface area contributed by atoms with Crippen molar-refractivity contribution in [2.24, 2.45) is 34.5 Å². The summed E-state index contributed by atoms with van der Waals surface area (Å²) in [5.41, 5.74) is -4.90. The summed E-state index contributed by atoms with van der Waals surface area (Å²) in [5, 5.41) is 47.5. The molecule has 4 aliphatic carbocycles. The molecule has 8 nitrogen and oxygen atoms in total. The van der Waals surface area contributed by atoms with Crippen molar-refractivity contribution >= 4 is 28.9 Å². The topological polar surface area (TPSA) is 149 Å². The third-order valence-corrected chi connectivity index (χ3v) is 12.3. The van der Waals surface area contributed by atoms with Crippen molar-refractivity contribution in [1.82, 2.24) is 0 Å². The molecule has 4 N–H and O–H groups in total. The quantitative estimate of drug-likeness (QED) is 0.242. The molecule has 244 valence electrons. The first-order chi connectivity index (χ1) is 21.0. The molecule has 4 aliphatic rings. The van der Waals surface area contributed by atoms with Crippen molar-refractivity contribution in [3.63, 3.8) is 0 Å². The Hall–Kier alpha value is -3.26. The number of benzene rings is 1. The van der Waals surface area contributed by atoms with Gasteiger partial charge < -0.3 is 20.4 Å². The van der Waals surface area contributed by atoms with Crippen molar-refractivity contribution in [3.8, 4) is 5.75 Å². The van der Waals surface area contributed by atoms with Crippen LogP contribution in [0.15, 0.2) is 29.0 Å². The van der Waals surface area contributed by atoms with Gasteiger partial charge in [0, 0.05) is 35.2 Å². The number of aliphatic hydroxyl groups is 3. The van der Waals surface area contributed by atoms with E-state index in [1.165, 1.54) is 31.7 Å². The van der Waals surface area contributed by atoms with Gasteiger partial charge in [0.1, 0.15) is 28.6 Å². The number of aliphatic hydroxyl groups excluding tert-OH is 2. The zero-order valence-electron chi connectivity index (χ0n) is 27.6. The first-order valence-corrected chi connectivity index (χ1v) is 16.6. The summed E-state index contributed by atoms with van der Waals surface area (Å²) in [6, 6.07) is 3.38. The molecular weight excluding hydrogens is 572 g/mol. The molecule has 2 fully saturated rings. The van der Waals surface area contributed by atoms with Crippen LogP contribution in [-0.2, 0) is 25.6 Å². The number of carbonyl (C=O) groups is 4. The fourth-order valence-corrected chi connectivity index (χ4v) is 9.96. The molecule has 1 aromatic carbocycles. The zero-order chi connectivity index (χ0) is 33.4. The number of Topliss-reactive ketones (excluding diaryl/α,β-unsaturated/α-hetero) is 4. The molecule has 2 saturated carbocycles. The molecule has 45 heavy (non-hydrogen) atoms. The second kappa shape index (κ2) is 11.2. The van der Waals surface area contributed by atoms with Gasteiger partial charge in [-0.15, -0.1) is 0 Å². The number of fused-ring (bicyclic) bond motifs is 3. The minimum absolute atomic E-state index is 0.113. The molecule has 0 aromatic heterocycles. The van der Waals surface area contributed by atoms with Crippen LogP contribution in [-0.4, -0.2) is 49.2 Å². The van der Waals surface area contributed by atoms with Gasteiger partial charge >= 0.3 is 0 Å². The van der Waals surface area contributed by atoms with Gasteiger partial charge in [0.05, 0.1) is 5.56 Å². The highest BCUT2D eigenvalue weighted by atomic mass is 16.3. The Morgan fingerprint density at radius 2 is 1.67 bits per heavy atom. The lowest BCUT2D eigenvalue weighted by Gasteiger charge is -2.65. The molecule has 0 radical (unpaired) electrons. The Morgan fingerprint density at radius 1 is 1.04 bits per heavy atom. The second-order valence-corrected chi connectivity index (χ2v) is 14.8. The van der Waals surface area contributed by atoms with Crippen LogP contribution in [0, 0.1) is 34.5 Å². The number of ketones is 4. The summed E-state index contributed by atoms with van der Waals surface area (Å²) >= 11 is 0. The molecule has 0 amide bonds. The third kappa shape index (κ3) is 4.34. The van der Waals surface area contributed by atoms with Crippen LogP contribution < -0.4 is 0 Å². The molecule has 0 spiro atoms. The normalized spacial score (nSPS) is 33.4. The van der Waals surface area contributed by atoms with Gasteiger partial charge in [0.25, 0.3) is 0 Å². The smallest absolute Gasteiger partial charge is 0.203 e. The van der Waals surface area contributed by atoms with Crippen LogP contribution in [0.1, 0.15) is 116 Å². The molecule has 5 rings (SSSR count). The van der Waals surface area contributed by atoms with Crippen molar-refractivity contribution in [1.29, 1.82) is 0 Å². The molecule has 6 atom stereocenters. The summed E-state index contributed by atoms with van der Waals surface area (Å²) < 4.78 is 0. The Morgan fingerprint density at radius 3 is 2.22 bits per heavy atom. The number of aryl methyl sites for hydroxylation is 1. The molecular formula is C37H48O8. The first-order valence-electron chi connectivity index (χ1n) is 16.6. The fraction of sp³-hybridized carbons (Fsp3) is 0.622. The summed E-state index contributed by atoms with van der Waals surface area (Å²) in [6.07, 6.45) is 6.44. The number of rotatable bonds is 8. The molecule has 0 heterocycles. The van der Waals surface area contributed by atoms with Gasteiger partial charge in [-0.3, -0.25) is 19.2 Å². The Bertz CT molecular complexity index is 1540. The lowest BCUT2D eigenvalue weighted by Crippen LogP contribution is -2.73. The number of hydrogen-bond donors (Lipinski definition) is 4. The Labute approximate surface area is 265 Å². The third-order valence-electron chi connectivity index (χ3n) is 12.3. The SMILES string of the molecule is CCC(=O)C[C@@H]1[C@]2(C)C(=C(O)c3c(O)ccc(CCC4CCCC4)c3[C@H]2C)C(=O)[C@@]2(O)C(O)=C(C(C)=O)C(=O)C(C(C)C)[C@@]12C. The minimum Gasteiger partial charge on any atom is -0.508 e. The van der Waals surface area contributed by atoms with Crippen LogP contribution >= 0.6 is 0 Å². The van der Waals surface area contributed by atoms with Gasteiger partial charge in [0.15, 0.2) is 17.2 Å². The van der Waals surface area contributed by atoms with E-state index in [0.717, 1.165) is 18.9 Å². The van der Waals surface area contributed by atoms with Crippen LogP contribution in [0.25, 0.3) is 5.76 Å². The molecule has 1 aromatic rings. The van der Waals surface area contributed by atoms with E-state index in [-0.39, 0.29) is 35.5 Å². The highest BCUT2D eigenvalue weighted by Gasteiger charge is 2.76. The van der Waals surface area contributed by atoms with Crippen LogP contribution in [0.5, 0.6) is 5.75 Å². The maximum absolute atomic E-state index is 14.9. The minimum atomic E-state index is -2.79. The fourth-order valence-electron chi connectivity index (χ4n) is 9.96. The van der Waals surface area contributed by atoms with Gasteiger partial charge in [-0.25, -0.2) is 0 Å². The highest BCUT2D eigenvalue weighted by Crippen LogP contribution is 2.71. The average molecular weight is 621 g/mol. The maximum atomic E-state index is 14.9. The molecule has 0 bridgehead atoms. The maximum Gasteiger partial charge on any atom is 0.203 e. The predicted molar refractivity (Wildman–Crippen MR) is 170 cm³/mol. The van der Waals surface area contributed by atoms with E-state index in [2.05, 4.69) is 0 Å². The molecule has 0 aliphatic heterocycles. The Kier molecular flexibility index (Phi) is 8.25. The van der Waals surface area contributed by atoms with E-state index in [9.17, 15) is 39.6 Å². The van der Waals surface area contributed by atoms with E-state index in [0.29, 0.717) is 17.9 Å². The number of phenols is 1. The van der Waals surface area contributed by atoms with E-state index in [4.69, 9.17) is 0 Å². The van der Waals surface area contributed by atoms with Crippen LogP contribution in [0.3, 0.4) is 0 Å². The first kappa shape index (κ1) is 33.1. The van der Waals surface area contributed by atoms with Crippen molar-refractivity contribution in [3.05, 3.63) is 45.7 Å². The standard InChI is InChI=1S/C37H48O8/c1-8-23(39)17-25-35(6)19(4)26-22(14-13-21-11-9-10-12-21)15-16-24(40)28(26)32(42)30(35)34(44)37(45)33(43)27(20(5)38)31(41)29(18(2)3)36(25,37)7/h15-16,18-19,21,25,29,40,42-43,45H,8-14,17H2,1-7H3/t19-,25-,29?,35-,36-,37+/m1/s1. The predicted octanol–water partition coefficient (Wildman–Crippen LogP) is 6.47. The molecule has 0 saturated heterocycles. The van der Waals surface area contributed by atoms with E-state index < -0.39 is 74.5 Å². The van der Waals surface area contributed by atoms with E-state index >= 15 is 0 Å². The second-order valence-electron chi connectivity index (χ2n) is 14.8. The van der Waals surface area contributed by atoms with Crippen molar-refractivity contribution in [2.45, 2.75) is 111 Å². The van der Waals surface area contributed by atoms with Gasteiger partial charge in [-0.2, -0.15) is 0 Å². The number of phenolic OH excluding ortho intramolecular Hbond substituents is 1. The number of carbonyl (C=O) groups excluding carboxylic acids is 4. The van der Waals surface area contributed by atoms with E-state index in [1.807, 2.05) is 13.0 Å². The lowest BCUT2D eigenvalue weighted by molar-refractivity contribution is -0.199. The number of allylic oxidation sites excluding steroid dienone is 1. The highest BCUT2D eigenvalue weighted by molar-refractivity contribution is 6.24. The molecule has 8 heteroatoms. The molecule has 1 unspecified atom stereocenters. The van der Waals surface area contributed by atoms with Gasteiger partial charge in [0.2, 0.25) is 5.78 Å². The summed E-state index contributed by atoms with van der Waals surface area (Å²) in [4.78, 5) is 55.2.